The van der Waals surface area contributed by atoms with Crippen molar-refractivity contribution in [2.75, 3.05) is 0 Å². The normalized spacial score (nSPS) is 14.4. The van der Waals surface area contributed by atoms with Gasteiger partial charge in [0.1, 0.15) is 6.33 Å². The van der Waals surface area contributed by atoms with Gasteiger partial charge in [0, 0.05) is 21.1 Å². The van der Waals surface area contributed by atoms with Crippen LogP contribution in [0.2, 0.25) is 0 Å². The fourth-order valence-corrected chi connectivity index (χ4v) is 5.75. The van der Waals surface area contributed by atoms with Gasteiger partial charge in [-0.25, -0.2) is 9.97 Å². The van der Waals surface area contributed by atoms with Gasteiger partial charge in [-0.2, -0.15) is 0 Å². The fourth-order valence-electron chi connectivity index (χ4n) is 4.58. The second kappa shape index (κ2) is 5.49. The molecule has 0 radical (unpaired) electrons. The van der Waals surface area contributed by atoms with Crippen LogP contribution in [0.4, 0.5) is 0 Å². The zero-order valence-electron chi connectivity index (χ0n) is 15.7. The molecule has 28 heavy (non-hydrogen) atoms. The third-order valence-corrected chi connectivity index (χ3v) is 7.18. The first-order chi connectivity index (χ1) is 13.6. The lowest BCUT2D eigenvalue weighted by atomic mass is 9.82. The molecule has 0 amide bonds. The lowest BCUT2D eigenvalue weighted by Gasteiger charge is -2.21. The van der Waals surface area contributed by atoms with Crippen LogP contribution >= 0.6 is 11.3 Å². The smallest absolute Gasteiger partial charge is 0.116 e. The maximum absolute atomic E-state index is 4.69. The largest absolute Gasteiger partial charge is 0.235 e. The predicted molar refractivity (Wildman–Crippen MR) is 118 cm³/mol. The Kier molecular flexibility index (Phi) is 3.13. The summed E-state index contributed by atoms with van der Waals surface area (Å²) >= 11 is 1.78. The van der Waals surface area contributed by atoms with E-state index >= 15 is 0 Å². The molecule has 0 saturated heterocycles. The molecule has 0 atom stereocenters. The molecule has 0 unspecified atom stereocenters. The van der Waals surface area contributed by atoms with E-state index in [-0.39, 0.29) is 5.41 Å². The zero-order chi connectivity index (χ0) is 18.9. The number of aromatic nitrogens is 2. The average molecular weight is 379 g/mol. The molecular weight excluding hydrogens is 360 g/mol. The number of fused-ring (bicyclic) bond motifs is 6. The summed E-state index contributed by atoms with van der Waals surface area (Å²) in [6.07, 6.45) is 1.70. The summed E-state index contributed by atoms with van der Waals surface area (Å²) in [6.45, 7) is 4.63. The Morgan fingerprint density at radius 2 is 1.57 bits per heavy atom. The molecule has 1 aliphatic carbocycles. The van der Waals surface area contributed by atoms with Crippen molar-refractivity contribution in [2.45, 2.75) is 19.3 Å². The van der Waals surface area contributed by atoms with Crippen LogP contribution in [0.1, 0.15) is 25.0 Å². The van der Waals surface area contributed by atoms with Gasteiger partial charge in [-0.15, -0.1) is 11.3 Å². The number of benzene rings is 3. The highest BCUT2D eigenvalue weighted by Crippen LogP contribution is 2.49. The van der Waals surface area contributed by atoms with E-state index in [9.17, 15) is 0 Å². The van der Waals surface area contributed by atoms with Gasteiger partial charge in [0.25, 0.3) is 0 Å². The van der Waals surface area contributed by atoms with E-state index in [1.165, 1.54) is 37.9 Å². The van der Waals surface area contributed by atoms with Gasteiger partial charge < -0.3 is 0 Å². The summed E-state index contributed by atoms with van der Waals surface area (Å²) in [7, 11) is 0. The Hall–Kier alpha value is -3.04. The van der Waals surface area contributed by atoms with Gasteiger partial charge in [0.15, 0.2) is 0 Å². The standard InChI is InChI=1S/C25H18N2S/c1-25(2)19-9-5-3-7-16(19)17-12-11-15(13-20(17)25)22-24-23(27-14-26-22)18-8-4-6-10-21(18)28-24/h3-14H,1-2H3. The van der Waals surface area contributed by atoms with E-state index < -0.39 is 0 Å². The highest BCUT2D eigenvalue weighted by Gasteiger charge is 2.35. The molecule has 134 valence electrons. The predicted octanol–water partition coefficient (Wildman–Crippen LogP) is 6.82. The Balaban J connectivity index is 1.61. The van der Waals surface area contributed by atoms with Gasteiger partial charge in [0.2, 0.25) is 0 Å². The van der Waals surface area contributed by atoms with Gasteiger partial charge in [-0.1, -0.05) is 68.4 Å². The second-order valence-corrected chi connectivity index (χ2v) is 8.98. The Labute approximate surface area is 167 Å². The molecule has 0 N–H and O–H groups in total. The number of nitrogens with zero attached hydrogens (tertiary/aromatic N) is 2. The first kappa shape index (κ1) is 16.0. The van der Waals surface area contributed by atoms with Crippen LogP contribution in [-0.2, 0) is 5.41 Å². The SMILES string of the molecule is CC1(C)c2ccccc2-c2ccc(-c3ncnc4c3sc3ccccc34)cc21. The lowest BCUT2D eigenvalue weighted by Crippen LogP contribution is -2.14. The average Bonchev–Trinajstić information content (AvgIpc) is 3.22. The third-order valence-electron chi connectivity index (χ3n) is 6.01. The quantitative estimate of drug-likeness (QED) is 0.320. The van der Waals surface area contributed by atoms with Crippen molar-refractivity contribution in [2.24, 2.45) is 0 Å². The number of hydrogen-bond acceptors (Lipinski definition) is 3. The Morgan fingerprint density at radius 3 is 2.50 bits per heavy atom. The molecule has 2 aromatic heterocycles. The minimum Gasteiger partial charge on any atom is -0.235 e. The van der Waals surface area contributed by atoms with E-state index in [4.69, 9.17) is 4.98 Å². The molecular formula is C25H18N2S. The summed E-state index contributed by atoms with van der Waals surface area (Å²) in [4.78, 5) is 9.28. The Bertz CT molecular complexity index is 1390. The number of hydrogen-bond donors (Lipinski definition) is 0. The van der Waals surface area contributed by atoms with E-state index in [1.807, 2.05) is 0 Å². The maximum Gasteiger partial charge on any atom is 0.116 e. The summed E-state index contributed by atoms with van der Waals surface area (Å²) < 4.78 is 2.42. The van der Waals surface area contributed by atoms with Crippen LogP contribution in [0.3, 0.4) is 0 Å². The van der Waals surface area contributed by atoms with Crippen LogP contribution in [0, 0.1) is 0 Å². The van der Waals surface area contributed by atoms with Crippen molar-refractivity contribution in [3.8, 4) is 22.4 Å². The number of rotatable bonds is 1. The highest BCUT2D eigenvalue weighted by atomic mass is 32.1. The minimum absolute atomic E-state index is 0.00571. The summed E-state index contributed by atoms with van der Waals surface area (Å²) in [5, 5.41) is 1.21. The molecule has 3 heteroatoms. The summed E-state index contributed by atoms with van der Waals surface area (Å²) in [6, 6.07) is 24.0. The second-order valence-electron chi connectivity index (χ2n) is 7.93. The zero-order valence-corrected chi connectivity index (χ0v) is 16.5. The van der Waals surface area contributed by atoms with Crippen LogP contribution in [0.15, 0.2) is 73.1 Å². The summed E-state index contributed by atoms with van der Waals surface area (Å²) in [5.41, 5.74) is 8.70. The first-order valence-corrected chi connectivity index (χ1v) is 10.3. The van der Waals surface area contributed by atoms with Gasteiger partial charge >= 0.3 is 0 Å². The minimum atomic E-state index is -0.00571. The van der Waals surface area contributed by atoms with Crippen molar-refractivity contribution < 1.29 is 0 Å². The van der Waals surface area contributed by atoms with E-state index in [0.717, 1.165) is 15.9 Å². The highest BCUT2D eigenvalue weighted by molar-refractivity contribution is 7.26. The monoisotopic (exact) mass is 378 g/mol. The van der Waals surface area contributed by atoms with E-state index in [0.29, 0.717) is 0 Å². The van der Waals surface area contributed by atoms with Gasteiger partial charge in [-0.05, 0) is 34.4 Å². The number of thiophene rings is 1. The first-order valence-electron chi connectivity index (χ1n) is 9.51. The molecule has 0 aliphatic heterocycles. The molecule has 0 spiro atoms. The maximum atomic E-state index is 4.69. The van der Waals surface area contributed by atoms with Crippen LogP contribution in [0.5, 0.6) is 0 Å². The molecule has 2 heterocycles. The van der Waals surface area contributed by atoms with Gasteiger partial charge in [0.05, 0.1) is 15.9 Å². The topological polar surface area (TPSA) is 25.8 Å². The van der Waals surface area contributed by atoms with Crippen molar-refractivity contribution >= 4 is 31.6 Å². The molecule has 3 aromatic carbocycles. The van der Waals surface area contributed by atoms with Crippen LogP contribution in [0.25, 0.3) is 42.7 Å². The third kappa shape index (κ3) is 2.02. The molecule has 1 aliphatic rings. The fraction of sp³-hybridized carbons (Fsp3) is 0.120. The van der Waals surface area contributed by atoms with Crippen molar-refractivity contribution in [1.82, 2.24) is 9.97 Å². The van der Waals surface area contributed by atoms with Gasteiger partial charge in [-0.3, -0.25) is 0 Å². The van der Waals surface area contributed by atoms with Crippen molar-refractivity contribution in [3.05, 3.63) is 84.2 Å². The van der Waals surface area contributed by atoms with Crippen LogP contribution in [-0.4, -0.2) is 9.97 Å². The van der Waals surface area contributed by atoms with E-state index in [2.05, 4.69) is 85.6 Å². The molecule has 0 saturated carbocycles. The van der Waals surface area contributed by atoms with Crippen LogP contribution < -0.4 is 0 Å². The molecule has 2 nitrogen and oxygen atoms in total. The van der Waals surface area contributed by atoms with Crippen molar-refractivity contribution in [3.63, 3.8) is 0 Å². The molecule has 0 fully saturated rings. The molecule has 0 bridgehead atoms. The van der Waals surface area contributed by atoms with E-state index in [1.54, 1.807) is 17.7 Å². The molecule has 6 rings (SSSR count). The lowest BCUT2D eigenvalue weighted by molar-refractivity contribution is 0.660. The summed E-state index contributed by atoms with van der Waals surface area (Å²) in [5.74, 6) is 0. The van der Waals surface area contributed by atoms with Crippen molar-refractivity contribution in [1.29, 1.82) is 0 Å². The Morgan fingerprint density at radius 1 is 0.786 bits per heavy atom. The molecule has 5 aromatic rings.